The standard InChI is InChI=1S/C20H31NO6S/c1-5-14(18(23)24)10-13(2)20(3,27-12-28-4)19(25)26-11-15-6-8-21-9-7-16(22)17(15)21/h5-6,13,16-17,22H,7-12H2,1-4H3,(H,23,24)/b14-5-/t13-,16-,17-,20-/m1/s1. The molecule has 2 heterocycles. The molecule has 158 valence electrons. The maximum atomic E-state index is 13.0. The average molecular weight is 414 g/mol. The summed E-state index contributed by atoms with van der Waals surface area (Å²) < 4.78 is 11.4. The van der Waals surface area contributed by atoms with Crippen LogP contribution in [0.15, 0.2) is 23.3 Å². The highest BCUT2D eigenvalue weighted by Crippen LogP contribution is 2.32. The number of ether oxygens (including phenoxy) is 2. The molecular weight excluding hydrogens is 382 g/mol. The molecule has 0 saturated carbocycles. The third kappa shape index (κ3) is 4.97. The van der Waals surface area contributed by atoms with Crippen LogP contribution in [0.5, 0.6) is 0 Å². The minimum Gasteiger partial charge on any atom is -0.478 e. The van der Waals surface area contributed by atoms with Crippen molar-refractivity contribution >= 4 is 23.7 Å². The molecule has 0 aromatic carbocycles. The van der Waals surface area contributed by atoms with Crippen molar-refractivity contribution < 1.29 is 29.3 Å². The van der Waals surface area contributed by atoms with Crippen LogP contribution in [-0.4, -0.2) is 76.7 Å². The van der Waals surface area contributed by atoms with Crippen molar-refractivity contribution in [2.75, 3.05) is 31.9 Å². The largest absolute Gasteiger partial charge is 0.478 e. The van der Waals surface area contributed by atoms with E-state index < -0.39 is 23.6 Å². The highest BCUT2D eigenvalue weighted by atomic mass is 32.2. The molecule has 7 nitrogen and oxygen atoms in total. The molecular formula is C20H31NO6S. The number of esters is 1. The van der Waals surface area contributed by atoms with Gasteiger partial charge in [-0.05, 0) is 44.4 Å². The van der Waals surface area contributed by atoms with Crippen molar-refractivity contribution in [1.29, 1.82) is 0 Å². The summed E-state index contributed by atoms with van der Waals surface area (Å²) >= 11 is 1.44. The maximum Gasteiger partial charge on any atom is 0.338 e. The monoisotopic (exact) mass is 413 g/mol. The first kappa shape index (κ1) is 22.9. The Morgan fingerprint density at radius 3 is 2.82 bits per heavy atom. The predicted octanol–water partition coefficient (Wildman–Crippen LogP) is 2.06. The van der Waals surface area contributed by atoms with Gasteiger partial charge < -0.3 is 19.7 Å². The van der Waals surface area contributed by atoms with Crippen LogP contribution >= 0.6 is 11.8 Å². The summed E-state index contributed by atoms with van der Waals surface area (Å²) in [5, 5.41) is 19.5. The lowest BCUT2D eigenvalue weighted by atomic mass is 9.85. The molecule has 0 aromatic rings. The Hall–Kier alpha value is -1.35. The van der Waals surface area contributed by atoms with Crippen LogP contribution in [0.1, 0.15) is 33.6 Å². The minimum atomic E-state index is -1.26. The fourth-order valence-corrected chi connectivity index (χ4v) is 4.12. The number of carboxylic acids is 1. The van der Waals surface area contributed by atoms with Gasteiger partial charge in [0.1, 0.15) is 6.61 Å². The number of hydrogen-bond acceptors (Lipinski definition) is 7. The fourth-order valence-electron chi connectivity index (χ4n) is 3.75. The molecule has 0 spiro atoms. The highest BCUT2D eigenvalue weighted by Gasteiger charge is 2.44. The molecule has 4 atom stereocenters. The number of rotatable bonds is 10. The topological polar surface area (TPSA) is 96.3 Å². The van der Waals surface area contributed by atoms with Crippen LogP contribution in [0.3, 0.4) is 0 Å². The van der Waals surface area contributed by atoms with Crippen molar-refractivity contribution in [3.8, 4) is 0 Å². The first-order valence-electron chi connectivity index (χ1n) is 9.54. The van der Waals surface area contributed by atoms with Gasteiger partial charge in [-0.15, -0.1) is 11.8 Å². The van der Waals surface area contributed by atoms with E-state index in [1.807, 2.05) is 12.3 Å². The third-order valence-corrected chi connectivity index (χ3v) is 6.13. The Balaban J connectivity index is 2.06. The number of carboxylic acid groups (broad SMARTS) is 1. The number of carbonyl (C=O) groups excluding carboxylic acids is 1. The Morgan fingerprint density at radius 2 is 2.21 bits per heavy atom. The third-order valence-electron chi connectivity index (χ3n) is 5.78. The Morgan fingerprint density at radius 1 is 1.50 bits per heavy atom. The summed E-state index contributed by atoms with van der Waals surface area (Å²) in [6, 6.07) is -0.0785. The fraction of sp³-hybridized carbons (Fsp3) is 0.700. The molecule has 0 radical (unpaired) electrons. The van der Waals surface area contributed by atoms with Gasteiger partial charge in [0.2, 0.25) is 0 Å². The molecule has 2 N–H and O–H groups in total. The van der Waals surface area contributed by atoms with Crippen molar-refractivity contribution in [2.45, 2.75) is 51.4 Å². The van der Waals surface area contributed by atoms with Crippen LogP contribution in [0.4, 0.5) is 0 Å². The van der Waals surface area contributed by atoms with Crippen LogP contribution in [0, 0.1) is 5.92 Å². The minimum absolute atomic E-state index is 0.0785. The molecule has 1 saturated heterocycles. The van der Waals surface area contributed by atoms with Gasteiger partial charge in [0, 0.05) is 18.7 Å². The second kappa shape index (κ2) is 9.91. The molecule has 28 heavy (non-hydrogen) atoms. The molecule has 2 aliphatic rings. The molecule has 0 unspecified atom stereocenters. The van der Waals surface area contributed by atoms with E-state index in [0.29, 0.717) is 5.94 Å². The normalized spacial score (nSPS) is 25.8. The Labute approximate surface area is 170 Å². The van der Waals surface area contributed by atoms with Crippen molar-refractivity contribution in [3.05, 3.63) is 23.3 Å². The van der Waals surface area contributed by atoms with Gasteiger partial charge in [-0.2, -0.15) is 0 Å². The lowest BCUT2D eigenvalue weighted by Gasteiger charge is -2.33. The van der Waals surface area contributed by atoms with E-state index >= 15 is 0 Å². The number of aliphatic carboxylic acids is 1. The van der Waals surface area contributed by atoms with E-state index in [2.05, 4.69) is 4.90 Å². The van der Waals surface area contributed by atoms with Gasteiger partial charge in [-0.1, -0.05) is 19.1 Å². The van der Waals surface area contributed by atoms with E-state index in [9.17, 15) is 19.8 Å². The molecule has 2 rings (SSSR count). The van der Waals surface area contributed by atoms with E-state index in [1.165, 1.54) is 11.8 Å². The summed E-state index contributed by atoms with van der Waals surface area (Å²) in [4.78, 5) is 26.5. The lowest BCUT2D eigenvalue weighted by molar-refractivity contribution is -0.173. The molecule has 0 bridgehead atoms. The van der Waals surface area contributed by atoms with Crippen LogP contribution in [0.25, 0.3) is 0 Å². The predicted molar refractivity (Wildman–Crippen MR) is 108 cm³/mol. The van der Waals surface area contributed by atoms with Gasteiger partial charge in [-0.25, -0.2) is 9.59 Å². The van der Waals surface area contributed by atoms with Crippen LogP contribution in [-0.2, 0) is 19.1 Å². The molecule has 1 fully saturated rings. The number of allylic oxidation sites excluding steroid dienone is 1. The Bertz CT molecular complexity index is 649. The van der Waals surface area contributed by atoms with Gasteiger partial charge in [0.05, 0.1) is 18.1 Å². The van der Waals surface area contributed by atoms with E-state index in [4.69, 9.17) is 9.47 Å². The SMILES string of the molecule is C/C=C(/C[C@@H](C)[C@@](C)(OCSC)C(=O)OCC1=CCN2CC[C@@H](O)[C@@H]12)C(=O)O. The molecule has 8 heteroatoms. The molecule has 2 aliphatic heterocycles. The van der Waals surface area contributed by atoms with Crippen LogP contribution in [0.2, 0.25) is 0 Å². The number of carbonyl (C=O) groups is 2. The molecule has 0 amide bonds. The maximum absolute atomic E-state index is 13.0. The zero-order chi connectivity index (χ0) is 20.9. The smallest absolute Gasteiger partial charge is 0.338 e. The van der Waals surface area contributed by atoms with E-state index in [0.717, 1.165) is 25.1 Å². The zero-order valence-electron chi connectivity index (χ0n) is 17.0. The number of hydrogen-bond donors (Lipinski definition) is 2. The first-order chi connectivity index (χ1) is 13.2. The number of fused-ring (bicyclic) bond motifs is 1. The summed E-state index contributed by atoms with van der Waals surface area (Å²) in [6.45, 7) is 6.83. The number of aliphatic hydroxyl groups excluding tert-OH is 1. The molecule has 0 aromatic heterocycles. The lowest BCUT2D eigenvalue weighted by Crippen LogP contribution is -2.46. The van der Waals surface area contributed by atoms with E-state index in [-0.39, 0.29) is 30.6 Å². The number of nitrogens with zero attached hydrogens (tertiary/aromatic N) is 1. The highest BCUT2D eigenvalue weighted by molar-refractivity contribution is 7.98. The summed E-state index contributed by atoms with van der Waals surface area (Å²) in [7, 11) is 0. The first-order valence-corrected chi connectivity index (χ1v) is 10.9. The van der Waals surface area contributed by atoms with Crippen molar-refractivity contribution in [3.63, 3.8) is 0 Å². The number of thioether (sulfide) groups is 1. The van der Waals surface area contributed by atoms with Crippen molar-refractivity contribution in [1.82, 2.24) is 4.90 Å². The molecule has 0 aliphatic carbocycles. The van der Waals surface area contributed by atoms with Gasteiger partial charge >= 0.3 is 11.9 Å². The second-order valence-corrected chi connectivity index (χ2v) is 8.35. The summed E-state index contributed by atoms with van der Waals surface area (Å²) in [5.74, 6) is -1.60. The quantitative estimate of drug-likeness (QED) is 0.243. The average Bonchev–Trinajstić information content (AvgIpc) is 3.24. The number of aliphatic hydroxyl groups is 1. The van der Waals surface area contributed by atoms with E-state index in [1.54, 1.807) is 26.8 Å². The van der Waals surface area contributed by atoms with Crippen LogP contribution < -0.4 is 0 Å². The zero-order valence-corrected chi connectivity index (χ0v) is 17.8. The second-order valence-electron chi connectivity index (χ2n) is 7.53. The summed E-state index contributed by atoms with van der Waals surface area (Å²) in [6.07, 6.45) is 5.90. The van der Waals surface area contributed by atoms with Gasteiger partial charge in [-0.3, -0.25) is 4.90 Å². The van der Waals surface area contributed by atoms with Gasteiger partial charge in [0.25, 0.3) is 0 Å². The van der Waals surface area contributed by atoms with Crippen molar-refractivity contribution in [2.24, 2.45) is 5.92 Å². The van der Waals surface area contributed by atoms with Gasteiger partial charge in [0.15, 0.2) is 5.60 Å². The summed E-state index contributed by atoms with van der Waals surface area (Å²) in [5.41, 5.74) is -0.111. The Kier molecular flexibility index (Phi) is 8.12.